The van der Waals surface area contributed by atoms with Gasteiger partial charge in [0.1, 0.15) is 7.57 Å². The molecular formula is C9H20BP. The summed E-state index contributed by atoms with van der Waals surface area (Å²) in [6.07, 6.45) is 0. The van der Waals surface area contributed by atoms with Crippen molar-refractivity contribution in [2.24, 2.45) is 10.8 Å². The summed E-state index contributed by atoms with van der Waals surface area (Å²) in [7, 11) is 6.32. The molecule has 0 aliphatic rings. The molecule has 2 heteroatoms. The maximum Gasteiger partial charge on any atom is 0.105 e. The van der Waals surface area contributed by atoms with Gasteiger partial charge in [-0.3, -0.25) is 0 Å². The Balaban J connectivity index is 4.43. The van der Waals surface area contributed by atoms with E-state index in [1.807, 2.05) is 0 Å². The molecule has 0 saturated carbocycles. The fourth-order valence-corrected chi connectivity index (χ4v) is 2.80. The first kappa shape index (κ1) is 11.5. The molecule has 0 N–H and O–H groups in total. The molecule has 0 aromatic heterocycles. The second-order valence-corrected chi connectivity index (χ2v) is 6.24. The quantitative estimate of drug-likeness (QED) is 0.418. The van der Waals surface area contributed by atoms with Crippen molar-refractivity contribution in [3.8, 4) is 0 Å². The summed E-state index contributed by atoms with van der Waals surface area (Å²) < 4.78 is 0. The van der Waals surface area contributed by atoms with E-state index in [0.717, 1.165) is 0 Å². The van der Waals surface area contributed by atoms with Gasteiger partial charge in [-0.05, 0) is 16.5 Å². The fourth-order valence-electron chi connectivity index (χ4n) is 1.80. The van der Waals surface area contributed by atoms with Gasteiger partial charge in [0.2, 0.25) is 0 Å². The number of hydrogen-bond acceptors (Lipinski definition) is 0. The van der Waals surface area contributed by atoms with E-state index in [2.05, 4.69) is 41.5 Å². The van der Waals surface area contributed by atoms with Crippen LogP contribution >= 0.6 is 8.46 Å². The molecule has 0 aliphatic heterocycles. The molecule has 0 saturated heterocycles. The number of hydrogen-bond donors (Lipinski definition) is 0. The summed E-state index contributed by atoms with van der Waals surface area (Å²) in [4.78, 5) is 0. The third-order valence-corrected chi connectivity index (χ3v) is 3.96. The topological polar surface area (TPSA) is 0 Å². The monoisotopic (exact) mass is 170 g/mol. The van der Waals surface area contributed by atoms with Gasteiger partial charge < -0.3 is 0 Å². The van der Waals surface area contributed by atoms with Crippen LogP contribution in [0.4, 0.5) is 0 Å². The Labute approximate surface area is 74.7 Å². The third kappa shape index (κ3) is 3.60. The molecule has 11 heavy (non-hydrogen) atoms. The van der Waals surface area contributed by atoms with Gasteiger partial charge in [-0.25, -0.2) is 0 Å². The Morgan fingerprint density at radius 1 is 0.909 bits per heavy atom. The molecule has 1 atom stereocenters. The summed E-state index contributed by atoms with van der Waals surface area (Å²) in [6.45, 7) is 13.6. The van der Waals surface area contributed by atoms with Crippen molar-refractivity contribution < 1.29 is 0 Å². The summed E-state index contributed by atoms with van der Waals surface area (Å²) in [5.41, 5.74) is 1.30. The Bertz CT molecular complexity index is 105. The van der Waals surface area contributed by atoms with Crippen LogP contribution in [0.2, 0.25) is 0 Å². The molecule has 0 amide bonds. The Kier molecular flexibility index (Phi) is 3.63. The normalized spacial score (nSPS) is 15.2. The average molecular weight is 170 g/mol. The summed E-state index contributed by atoms with van der Waals surface area (Å²) in [6, 6.07) is 0. The molecule has 0 rings (SSSR count). The zero-order valence-corrected chi connectivity index (χ0v) is 9.65. The van der Waals surface area contributed by atoms with E-state index in [4.69, 9.17) is 7.57 Å². The van der Waals surface area contributed by atoms with E-state index in [9.17, 15) is 0 Å². The van der Waals surface area contributed by atoms with Crippen molar-refractivity contribution in [2.75, 3.05) is 0 Å². The SMILES string of the molecule is [B]PC(C(C)(C)C)C(C)(C)C. The predicted molar refractivity (Wildman–Crippen MR) is 56.8 cm³/mol. The third-order valence-electron chi connectivity index (χ3n) is 1.90. The average Bonchev–Trinajstić information content (AvgIpc) is 1.56. The Morgan fingerprint density at radius 2 is 1.18 bits per heavy atom. The highest BCUT2D eigenvalue weighted by Crippen LogP contribution is 2.43. The minimum atomic E-state index is 0.339. The molecule has 0 fully saturated rings. The lowest BCUT2D eigenvalue weighted by atomic mass is 9.77. The van der Waals surface area contributed by atoms with Crippen LogP contribution in [0.15, 0.2) is 0 Å². The Hall–Kier alpha value is 0.495. The molecule has 1 unspecified atom stereocenters. The van der Waals surface area contributed by atoms with Gasteiger partial charge in [-0.2, -0.15) is 8.46 Å². The van der Waals surface area contributed by atoms with Crippen molar-refractivity contribution in [3.63, 3.8) is 0 Å². The van der Waals surface area contributed by atoms with Crippen molar-refractivity contribution in [3.05, 3.63) is 0 Å². The van der Waals surface area contributed by atoms with Crippen LogP contribution in [0, 0.1) is 10.8 Å². The van der Waals surface area contributed by atoms with Crippen LogP contribution in [0.25, 0.3) is 0 Å². The first-order valence-electron chi connectivity index (χ1n) is 4.15. The molecule has 0 heterocycles. The number of rotatable bonds is 1. The van der Waals surface area contributed by atoms with E-state index < -0.39 is 0 Å². The highest BCUT2D eigenvalue weighted by molar-refractivity contribution is 7.67. The highest BCUT2D eigenvalue weighted by atomic mass is 31.1. The molecule has 0 aromatic rings. The van der Waals surface area contributed by atoms with Crippen LogP contribution in [-0.4, -0.2) is 13.2 Å². The fraction of sp³-hybridized carbons (Fsp3) is 1.00. The van der Waals surface area contributed by atoms with Gasteiger partial charge in [0, 0.05) is 0 Å². The standard InChI is InChI=1S/C9H20BP/c1-8(2,3)7(11-10)9(4,5)6/h7,11H,1-6H3. The highest BCUT2D eigenvalue weighted by Gasteiger charge is 2.32. The van der Waals surface area contributed by atoms with Crippen molar-refractivity contribution in [1.29, 1.82) is 0 Å². The van der Waals surface area contributed by atoms with Gasteiger partial charge >= 0.3 is 0 Å². The van der Waals surface area contributed by atoms with Crippen molar-refractivity contribution in [2.45, 2.75) is 47.2 Å². The van der Waals surface area contributed by atoms with Gasteiger partial charge in [0.25, 0.3) is 0 Å². The molecule has 64 valence electrons. The lowest BCUT2D eigenvalue weighted by molar-refractivity contribution is 0.248. The van der Waals surface area contributed by atoms with E-state index in [0.29, 0.717) is 24.9 Å². The van der Waals surface area contributed by atoms with Gasteiger partial charge in [-0.15, -0.1) is 0 Å². The van der Waals surface area contributed by atoms with Crippen LogP contribution < -0.4 is 0 Å². The van der Waals surface area contributed by atoms with Crippen LogP contribution in [-0.2, 0) is 0 Å². The Morgan fingerprint density at radius 3 is 1.18 bits per heavy atom. The maximum absolute atomic E-state index is 5.77. The molecular weight excluding hydrogens is 150 g/mol. The van der Waals surface area contributed by atoms with Crippen LogP contribution in [0.5, 0.6) is 0 Å². The minimum absolute atomic E-state index is 0.339. The zero-order chi connectivity index (χ0) is 9.28. The van der Waals surface area contributed by atoms with Crippen LogP contribution in [0.3, 0.4) is 0 Å². The minimum Gasteiger partial charge on any atom is -0.168 e. The molecule has 0 bridgehead atoms. The van der Waals surface area contributed by atoms with Gasteiger partial charge in [0.05, 0.1) is 0 Å². The van der Waals surface area contributed by atoms with Gasteiger partial charge in [-0.1, -0.05) is 41.5 Å². The smallest absolute Gasteiger partial charge is 0.105 e. The van der Waals surface area contributed by atoms with E-state index in [-0.39, 0.29) is 0 Å². The van der Waals surface area contributed by atoms with Gasteiger partial charge in [0.15, 0.2) is 0 Å². The summed E-state index contributed by atoms with van der Waals surface area (Å²) in [5.74, 6) is 0. The maximum atomic E-state index is 5.77. The lowest BCUT2D eigenvalue weighted by Gasteiger charge is -2.40. The zero-order valence-electron chi connectivity index (χ0n) is 8.65. The van der Waals surface area contributed by atoms with E-state index >= 15 is 0 Å². The van der Waals surface area contributed by atoms with Crippen molar-refractivity contribution in [1.82, 2.24) is 0 Å². The van der Waals surface area contributed by atoms with Crippen molar-refractivity contribution >= 4 is 16.0 Å². The van der Waals surface area contributed by atoms with Crippen LogP contribution in [0.1, 0.15) is 41.5 Å². The summed E-state index contributed by atoms with van der Waals surface area (Å²) >= 11 is 0. The molecule has 2 radical (unpaired) electrons. The first-order chi connectivity index (χ1) is 4.69. The predicted octanol–water partition coefficient (Wildman–Crippen LogP) is 3.21. The largest absolute Gasteiger partial charge is 0.168 e. The molecule has 0 spiro atoms. The summed E-state index contributed by atoms with van der Waals surface area (Å²) in [5, 5.41) is 0. The molecule has 0 aromatic carbocycles. The molecule has 0 aliphatic carbocycles. The second-order valence-electron chi connectivity index (χ2n) is 5.33. The first-order valence-corrected chi connectivity index (χ1v) is 5.31. The van der Waals surface area contributed by atoms with E-state index in [1.54, 1.807) is 0 Å². The molecule has 0 nitrogen and oxygen atoms in total. The van der Waals surface area contributed by atoms with E-state index in [1.165, 1.54) is 0 Å². The lowest BCUT2D eigenvalue weighted by Crippen LogP contribution is -2.34. The second kappa shape index (κ2) is 3.48.